The zero-order chi connectivity index (χ0) is 19.3. The third-order valence-corrected chi connectivity index (χ3v) is 4.75. The van der Waals surface area contributed by atoms with Gasteiger partial charge in [0.1, 0.15) is 0 Å². The summed E-state index contributed by atoms with van der Waals surface area (Å²) in [4.78, 5) is 29.6. The summed E-state index contributed by atoms with van der Waals surface area (Å²) >= 11 is 0. The van der Waals surface area contributed by atoms with Gasteiger partial charge in [0.05, 0.1) is 11.9 Å². The Morgan fingerprint density at radius 1 is 1.00 bits per heavy atom. The zero-order valence-electron chi connectivity index (χ0n) is 15.5. The second kappa shape index (κ2) is 8.21. The Bertz CT molecular complexity index is 983. The standard InChI is InChI=1S/C23H22N2O3/c26-21(15-14-18-11-10-16-6-4-5-9-20(16)24-18)28-22(17-7-2-1-3-8-17)23(27)25-19-12-13-19/h1-11,19,22H,12-15H2,(H,25,27). The number of nitrogens with zero attached hydrogens (tertiary/aromatic N) is 1. The normalized spacial score (nSPS) is 14.4. The Balaban J connectivity index is 1.41. The molecule has 0 radical (unpaired) electrons. The first-order chi connectivity index (χ1) is 13.7. The van der Waals surface area contributed by atoms with Crippen molar-refractivity contribution >= 4 is 22.8 Å². The van der Waals surface area contributed by atoms with Crippen LogP contribution < -0.4 is 5.32 Å². The summed E-state index contributed by atoms with van der Waals surface area (Å²) in [6, 6.07) is 21.1. The van der Waals surface area contributed by atoms with Gasteiger partial charge in [-0.1, -0.05) is 54.6 Å². The van der Waals surface area contributed by atoms with Gasteiger partial charge in [-0.15, -0.1) is 0 Å². The Hall–Kier alpha value is -3.21. The number of rotatable bonds is 7. The highest BCUT2D eigenvalue weighted by Crippen LogP contribution is 2.23. The van der Waals surface area contributed by atoms with Crippen molar-refractivity contribution in [3.63, 3.8) is 0 Å². The highest BCUT2D eigenvalue weighted by molar-refractivity contribution is 5.85. The van der Waals surface area contributed by atoms with E-state index in [1.807, 2.05) is 54.6 Å². The van der Waals surface area contributed by atoms with E-state index in [2.05, 4.69) is 10.3 Å². The van der Waals surface area contributed by atoms with E-state index < -0.39 is 12.1 Å². The monoisotopic (exact) mass is 374 g/mol. The maximum Gasteiger partial charge on any atom is 0.307 e. The van der Waals surface area contributed by atoms with Crippen LogP contribution in [0.2, 0.25) is 0 Å². The number of benzene rings is 2. The number of hydrogen-bond acceptors (Lipinski definition) is 4. The Kier molecular flexibility index (Phi) is 5.33. The fourth-order valence-electron chi connectivity index (χ4n) is 3.07. The summed E-state index contributed by atoms with van der Waals surface area (Å²) in [6.45, 7) is 0. The van der Waals surface area contributed by atoms with Gasteiger partial charge in [0.25, 0.3) is 5.91 Å². The van der Waals surface area contributed by atoms with E-state index in [1.54, 1.807) is 12.1 Å². The smallest absolute Gasteiger partial charge is 0.307 e. The predicted molar refractivity (Wildman–Crippen MR) is 107 cm³/mol. The molecule has 1 fully saturated rings. The molecular weight excluding hydrogens is 352 g/mol. The topological polar surface area (TPSA) is 68.3 Å². The summed E-state index contributed by atoms with van der Waals surface area (Å²) in [5.74, 6) is -0.666. The molecule has 1 aliphatic rings. The van der Waals surface area contributed by atoms with Crippen LogP contribution in [0.5, 0.6) is 0 Å². The van der Waals surface area contributed by atoms with E-state index in [0.717, 1.165) is 29.4 Å². The minimum absolute atomic E-state index is 0.172. The number of hydrogen-bond donors (Lipinski definition) is 1. The Morgan fingerprint density at radius 2 is 1.75 bits per heavy atom. The minimum Gasteiger partial charge on any atom is -0.447 e. The lowest BCUT2D eigenvalue weighted by molar-refractivity contribution is -0.156. The first-order valence-corrected chi connectivity index (χ1v) is 9.58. The number of carbonyl (C=O) groups is 2. The van der Waals surface area contributed by atoms with E-state index >= 15 is 0 Å². The van der Waals surface area contributed by atoms with Crippen LogP contribution in [0.3, 0.4) is 0 Å². The molecule has 2 aromatic carbocycles. The van der Waals surface area contributed by atoms with Crippen LogP contribution in [0.1, 0.15) is 36.6 Å². The van der Waals surface area contributed by atoms with Gasteiger partial charge >= 0.3 is 5.97 Å². The van der Waals surface area contributed by atoms with Gasteiger partial charge in [-0.25, -0.2) is 0 Å². The van der Waals surface area contributed by atoms with E-state index in [0.29, 0.717) is 12.0 Å². The third-order valence-electron chi connectivity index (χ3n) is 4.75. The molecule has 0 spiro atoms. The first-order valence-electron chi connectivity index (χ1n) is 9.58. The molecule has 28 heavy (non-hydrogen) atoms. The summed E-state index contributed by atoms with van der Waals surface area (Å²) in [5, 5.41) is 3.99. The molecule has 0 saturated heterocycles. The number of aromatic nitrogens is 1. The molecule has 0 bridgehead atoms. The van der Waals surface area contributed by atoms with Crippen molar-refractivity contribution in [1.82, 2.24) is 10.3 Å². The molecule has 1 saturated carbocycles. The number of amides is 1. The van der Waals surface area contributed by atoms with Crippen molar-refractivity contribution in [2.24, 2.45) is 0 Å². The molecule has 0 aliphatic heterocycles. The molecule has 1 unspecified atom stereocenters. The van der Waals surface area contributed by atoms with Gasteiger partial charge in [0.15, 0.2) is 0 Å². The number of esters is 1. The lowest BCUT2D eigenvalue weighted by Crippen LogP contribution is -2.33. The van der Waals surface area contributed by atoms with Gasteiger partial charge in [-0.3, -0.25) is 14.6 Å². The van der Waals surface area contributed by atoms with Gasteiger partial charge in [-0.2, -0.15) is 0 Å². The van der Waals surface area contributed by atoms with Gasteiger partial charge in [-0.05, 0) is 25.0 Å². The summed E-state index contributed by atoms with van der Waals surface area (Å²) in [7, 11) is 0. The van der Waals surface area contributed by atoms with Gasteiger partial charge < -0.3 is 10.1 Å². The molecule has 4 rings (SSSR count). The molecule has 1 N–H and O–H groups in total. The second-order valence-corrected chi connectivity index (χ2v) is 7.06. The summed E-state index contributed by atoms with van der Waals surface area (Å²) in [6.07, 6.45) is 1.68. The Morgan fingerprint density at radius 3 is 2.54 bits per heavy atom. The predicted octanol–water partition coefficient (Wildman–Crippen LogP) is 3.73. The molecule has 1 aromatic heterocycles. The van der Waals surface area contributed by atoms with Crippen LogP contribution >= 0.6 is 0 Å². The molecular formula is C23H22N2O3. The fourth-order valence-corrected chi connectivity index (χ4v) is 3.07. The van der Waals surface area contributed by atoms with E-state index in [9.17, 15) is 9.59 Å². The van der Waals surface area contributed by atoms with E-state index in [4.69, 9.17) is 4.74 Å². The molecule has 5 nitrogen and oxygen atoms in total. The number of aryl methyl sites for hydroxylation is 1. The van der Waals surface area contributed by atoms with Crippen molar-refractivity contribution in [1.29, 1.82) is 0 Å². The lowest BCUT2D eigenvalue weighted by Gasteiger charge is -2.18. The van der Waals surface area contributed by atoms with Crippen molar-refractivity contribution in [2.45, 2.75) is 37.8 Å². The highest BCUT2D eigenvalue weighted by Gasteiger charge is 2.30. The molecule has 1 atom stereocenters. The number of fused-ring (bicyclic) bond motifs is 1. The number of para-hydroxylation sites is 1. The van der Waals surface area contributed by atoms with E-state index in [1.165, 1.54) is 0 Å². The van der Waals surface area contributed by atoms with Crippen molar-refractivity contribution in [3.8, 4) is 0 Å². The number of nitrogens with one attached hydrogen (secondary N) is 1. The third kappa shape index (κ3) is 4.55. The van der Waals surface area contributed by atoms with Crippen LogP contribution in [-0.4, -0.2) is 22.9 Å². The van der Waals surface area contributed by atoms with Crippen molar-refractivity contribution in [2.75, 3.05) is 0 Å². The molecule has 3 aromatic rings. The Labute approximate surface area is 163 Å². The van der Waals surface area contributed by atoms with Gasteiger partial charge in [0.2, 0.25) is 6.10 Å². The van der Waals surface area contributed by atoms with Crippen LogP contribution in [0.4, 0.5) is 0 Å². The second-order valence-electron chi connectivity index (χ2n) is 7.06. The molecule has 142 valence electrons. The van der Waals surface area contributed by atoms with Gasteiger partial charge in [0, 0.05) is 29.1 Å². The van der Waals surface area contributed by atoms with Crippen LogP contribution in [0, 0.1) is 0 Å². The SMILES string of the molecule is O=C(CCc1ccc2ccccc2n1)OC(C(=O)NC1CC1)c1ccccc1. The quantitative estimate of drug-likeness (QED) is 0.640. The minimum atomic E-state index is -0.918. The first kappa shape index (κ1) is 18.2. The van der Waals surface area contributed by atoms with E-state index in [-0.39, 0.29) is 18.4 Å². The van der Waals surface area contributed by atoms with Crippen LogP contribution in [0.25, 0.3) is 10.9 Å². The van der Waals surface area contributed by atoms with Crippen molar-refractivity contribution in [3.05, 3.63) is 78.0 Å². The average molecular weight is 374 g/mol. The average Bonchev–Trinajstić information content (AvgIpc) is 3.55. The molecule has 5 heteroatoms. The van der Waals surface area contributed by atoms with Crippen LogP contribution in [-0.2, 0) is 20.7 Å². The summed E-state index contributed by atoms with van der Waals surface area (Å²) < 4.78 is 5.56. The molecule has 1 aliphatic carbocycles. The maximum atomic E-state index is 12.5. The van der Waals surface area contributed by atoms with Crippen LogP contribution in [0.15, 0.2) is 66.7 Å². The maximum absolute atomic E-state index is 12.5. The largest absolute Gasteiger partial charge is 0.447 e. The zero-order valence-corrected chi connectivity index (χ0v) is 15.5. The number of pyridine rings is 1. The summed E-state index contributed by atoms with van der Waals surface area (Å²) in [5.41, 5.74) is 2.41. The number of ether oxygens (including phenoxy) is 1. The van der Waals surface area contributed by atoms with Crippen molar-refractivity contribution < 1.29 is 14.3 Å². The molecule has 1 amide bonds. The number of carbonyl (C=O) groups excluding carboxylic acids is 2. The fraction of sp³-hybridized carbons (Fsp3) is 0.261. The lowest BCUT2D eigenvalue weighted by atomic mass is 10.1. The highest BCUT2D eigenvalue weighted by atomic mass is 16.5. The molecule has 1 heterocycles.